The van der Waals surface area contributed by atoms with Crippen molar-refractivity contribution in [2.45, 2.75) is 18.4 Å². The fraction of sp³-hybridized carbons (Fsp3) is 0.267. The van der Waals surface area contributed by atoms with Gasteiger partial charge in [-0.1, -0.05) is 30.1 Å². The van der Waals surface area contributed by atoms with Crippen molar-refractivity contribution < 1.29 is 22.7 Å². The molecule has 3 rings (SSSR count). The Morgan fingerprint density at radius 1 is 1.20 bits per heavy atom. The largest absolute Gasteiger partial charge is 0.481 e. The maximum atomic E-state index is 12.8. The van der Waals surface area contributed by atoms with Crippen LogP contribution in [0.1, 0.15) is 13.3 Å². The van der Waals surface area contributed by atoms with Gasteiger partial charge in [0.05, 0.1) is 13.7 Å². The van der Waals surface area contributed by atoms with Gasteiger partial charge in [0.25, 0.3) is 10.0 Å². The first kappa shape index (κ1) is 21.8. The maximum absolute atomic E-state index is 12.8. The van der Waals surface area contributed by atoms with Gasteiger partial charge in [-0.2, -0.15) is 17.9 Å². The minimum absolute atomic E-state index is 0.0198. The van der Waals surface area contributed by atoms with Crippen LogP contribution < -0.4 is 19.5 Å². The van der Waals surface area contributed by atoms with Crippen LogP contribution in [0, 0.1) is 0 Å². The topological polar surface area (TPSA) is 150 Å². The highest BCUT2D eigenvalue weighted by molar-refractivity contribution is 7.90. The zero-order valence-corrected chi connectivity index (χ0v) is 17.9. The maximum Gasteiger partial charge on any atom is 0.335 e. The van der Waals surface area contributed by atoms with E-state index in [4.69, 9.17) is 32.7 Å². The lowest BCUT2D eigenvalue weighted by atomic mass is 10.5. The summed E-state index contributed by atoms with van der Waals surface area (Å²) >= 11 is 11.8. The Balaban J connectivity index is 1.87. The number of urea groups is 1. The first-order chi connectivity index (χ1) is 14.2. The van der Waals surface area contributed by atoms with Gasteiger partial charge in [-0.3, -0.25) is 5.32 Å². The highest BCUT2D eigenvalue weighted by Gasteiger charge is 2.28. The van der Waals surface area contributed by atoms with E-state index in [9.17, 15) is 13.2 Å². The van der Waals surface area contributed by atoms with E-state index in [2.05, 4.69) is 25.4 Å². The van der Waals surface area contributed by atoms with Crippen molar-refractivity contribution in [2.24, 2.45) is 0 Å². The SMILES string of the molecule is CCCOc1ccc2nc(Cl)c(S(=O)(=O)NC(=O)Nc3nc(Cl)cc(OC)n3)n2n1. The zero-order valence-electron chi connectivity index (χ0n) is 15.6. The number of anilines is 1. The predicted molar refractivity (Wildman–Crippen MR) is 107 cm³/mol. The van der Waals surface area contributed by atoms with Crippen molar-refractivity contribution in [2.75, 3.05) is 19.0 Å². The predicted octanol–water partition coefficient (Wildman–Crippen LogP) is 2.13. The number of carbonyl (C=O) groups is 1. The molecule has 15 heteroatoms. The molecule has 0 saturated carbocycles. The molecule has 0 fully saturated rings. The molecule has 160 valence electrons. The Labute approximate surface area is 180 Å². The Kier molecular flexibility index (Phi) is 6.43. The summed E-state index contributed by atoms with van der Waals surface area (Å²) in [6.07, 6.45) is 0.730. The number of hydrogen-bond donors (Lipinski definition) is 2. The molecule has 30 heavy (non-hydrogen) atoms. The van der Waals surface area contributed by atoms with E-state index in [0.29, 0.717) is 6.61 Å². The fourth-order valence-corrected chi connectivity index (χ4v) is 3.90. The first-order valence-corrected chi connectivity index (χ1v) is 10.6. The van der Waals surface area contributed by atoms with Crippen molar-refractivity contribution in [1.82, 2.24) is 29.3 Å². The molecule has 0 aliphatic rings. The third-order valence-corrected chi connectivity index (χ3v) is 5.31. The second-order valence-corrected chi connectivity index (χ2v) is 7.96. The quantitative estimate of drug-likeness (QED) is 0.489. The van der Waals surface area contributed by atoms with Crippen LogP contribution in [0.2, 0.25) is 10.3 Å². The van der Waals surface area contributed by atoms with Gasteiger partial charge >= 0.3 is 6.03 Å². The van der Waals surface area contributed by atoms with Gasteiger partial charge in [-0.15, -0.1) is 5.10 Å². The number of rotatable bonds is 7. The molecule has 3 aromatic rings. The number of nitrogens with zero attached hydrogens (tertiary/aromatic N) is 5. The van der Waals surface area contributed by atoms with Crippen molar-refractivity contribution in [3.8, 4) is 11.8 Å². The summed E-state index contributed by atoms with van der Waals surface area (Å²) in [6.45, 7) is 2.29. The average Bonchev–Trinajstić information content (AvgIpc) is 3.00. The van der Waals surface area contributed by atoms with Crippen molar-refractivity contribution in [3.63, 3.8) is 0 Å². The first-order valence-electron chi connectivity index (χ1n) is 8.34. The molecule has 3 heterocycles. The fourth-order valence-electron chi connectivity index (χ4n) is 2.23. The van der Waals surface area contributed by atoms with Crippen molar-refractivity contribution in [3.05, 3.63) is 28.5 Å². The molecule has 3 aromatic heterocycles. The number of nitrogens with one attached hydrogen (secondary N) is 2. The third kappa shape index (κ3) is 4.80. The van der Waals surface area contributed by atoms with Crippen LogP contribution in [0.5, 0.6) is 11.8 Å². The lowest BCUT2D eigenvalue weighted by Crippen LogP contribution is -2.35. The Hall–Kier alpha value is -2.90. The number of carbonyl (C=O) groups excluding carboxylic acids is 1. The lowest BCUT2D eigenvalue weighted by Gasteiger charge is -2.09. The second-order valence-electron chi connectivity index (χ2n) is 5.61. The van der Waals surface area contributed by atoms with Crippen LogP contribution in [0.15, 0.2) is 23.2 Å². The molecule has 12 nitrogen and oxygen atoms in total. The zero-order chi connectivity index (χ0) is 21.9. The standard InChI is InChI=1S/C15H15Cl2N7O5S/c1-3-6-29-10-5-4-9-19-12(17)13(24(9)22-10)30(26,27)23-15(25)21-14-18-8(16)7-11(20-14)28-2/h4-5,7H,3,6H2,1-2H3,(H2,18,20,21,23,25). The summed E-state index contributed by atoms with van der Waals surface area (Å²) in [5.41, 5.74) is 0.146. The van der Waals surface area contributed by atoms with Gasteiger partial charge in [-0.25, -0.2) is 19.5 Å². The number of aromatic nitrogens is 5. The van der Waals surface area contributed by atoms with Gasteiger partial charge < -0.3 is 9.47 Å². The highest BCUT2D eigenvalue weighted by Crippen LogP contribution is 2.23. The average molecular weight is 476 g/mol. The smallest absolute Gasteiger partial charge is 0.335 e. The van der Waals surface area contributed by atoms with Crippen LogP contribution in [0.4, 0.5) is 10.7 Å². The molecule has 0 unspecified atom stereocenters. The normalized spacial score (nSPS) is 11.3. The third-order valence-electron chi connectivity index (χ3n) is 3.41. The molecule has 0 radical (unpaired) electrons. The van der Waals surface area contributed by atoms with Crippen LogP contribution in [-0.2, 0) is 10.0 Å². The summed E-state index contributed by atoms with van der Waals surface area (Å²) in [5.74, 6) is -0.0369. The number of ether oxygens (including phenoxy) is 2. The Bertz CT molecular complexity index is 1200. The molecular weight excluding hydrogens is 461 g/mol. The molecule has 2 N–H and O–H groups in total. The summed E-state index contributed by atoms with van der Waals surface area (Å²) in [4.78, 5) is 23.7. The Morgan fingerprint density at radius 2 is 1.97 bits per heavy atom. The molecule has 0 bridgehead atoms. The minimum Gasteiger partial charge on any atom is -0.481 e. The molecule has 0 atom stereocenters. The highest BCUT2D eigenvalue weighted by atomic mass is 35.5. The second kappa shape index (κ2) is 8.85. The summed E-state index contributed by atoms with van der Waals surface area (Å²) in [7, 11) is -3.15. The van der Waals surface area contributed by atoms with Gasteiger partial charge in [0.1, 0.15) is 5.15 Å². The van der Waals surface area contributed by atoms with E-state index in [0.717, 1.165) is 10.9 Å². The van der Waals surface area contributed by atoms with Gasteiger partial charge in [0.2, 0.25) is 22.7 Å². The van der Waals surface area contributed by atoms with E-state index < -0.39 is 21.1 Å². The number of halogens is 2. The van der Waals surface area contributed by atoms with Crippen LogP contribution in [0.3, 0.4) is 0 Å². The van der Waals surface area contributed by atoms with E-state index in [1.54, 1.807) is 4.72 Å². The van der Waals surface area contributed by atoms with Gasteiger partial charge in [0, 0.05) is 12.1 Å². The molecule has 0 aliphatic carbocycles. The van der Waals surface area contributed by atoms with Crippen LogP contribution >= 0.6 is 23.2 Å². The molecule has 2 amide bonds. The van der Waals surface area contributed by atoms with Crippen molar-refractivity contribution in [1.29, 1.82) is 0 Å². The van der Waals surface area contributed by atoms with E-state index in [1.165, 1.54) is 25.3 Å². The van der Waals surface area contributed by atoms with Crippen LogP contribution in [0.25, 0.3) is 5.65 Å². The summed E-state index contributed by atoms with van der Waals surface area (Å²) in [5, 5.41) is 5.27. The van der Waals surface area contributed by atoms with E-state index in [-0.39, 0.29) is 33.7 Å². The minimum atomic E-state index is -4.49. The number of hydrogen-bond acceptors (Lipinski definition) is 9. The van der Waals surface area contributed by atoms with Crippen LogP contribution in [-0.4, -0.2) is 52.7 Å². The molecule has 0 saturated heterocycles. The molecular formula is C15H15Cl2N7O5S. The lowest BCUT2D eigenvalue weighted by molar-refractivity contribution is 0.256. The van der Waals surface area contributed by atoms with E-state index >= 15 is 0 Å². The number of amides is 2. The number of methoxy groups -OCH3 is 1. The molecule has 0 spiro atoms. The van der Waals surface area contributed by atoms with E-state index in [1.807, 2.05) is 6.92 Å². The summed E-state index contributed by atoms with van der Waals surface area (Å²) < 4.78 is 38.6. The van der Waals surface area contributed by atoms with Crippen molar-refractivity contribution >= 4 is 50.9 Å². The van der Waals surface area contributed by atoms with Gasteiger partial charge in [-0.05, 0) is 12.5 Å². The molecule has 0 aliphatic heterocycles. The number of sulfonamides is 1. The summed E-state index contributed by atoms with van der Waals surface area (Å²) in [6, 6.07) is 3.15. The number of imidazole rings is 1. The number of fused-ring (bicyclic) bond motifs is 1. The van der Waals surface area contributed by atoms with Gasteiger partial charge in [0.15, 0.2) is 10.8 Å². The molecule has 0 aromatic carbocycles. The monoisotopic (exact) mass is 475 g/mol. The Morgan fingerprint density at radius 3 is 2.67 bits per heavy atom.